The molecule has 0 aliphatic carbocycles. The van der Waals surface area contributed by atoms with Gasteiger partial charge in [-0.2, -0.15) is 0 Å². The Hall–Kier alpha value is -1.89. The predicted molar refractivity (Wildman–Crippen MR) is 117 cm³/mol. The lowest BCUT2D eigenvalue weighted by atomic mass is 9.93. The third-order valence-corrected chi connectivity index (χ3v) is 6.28. The van der Waals surface area contributed by atoms with Gasteiger partial charge in [0.1, 0.15) is 0 Å². The zero-order valence-corrected chi connectivity index (χ0v) is 18.7. The molecule has 2 unspecified atom stereocenters. The van der Waals surface area contributed by atoms with Crippen LogP contribution in [-0.2, 0) is 11.8 Å². The molecule has 1 aliphatic rings. The van der Waals surface area contributed by atoms with Crippen molar-refractivity contribution >= 4 is 17.3 Å². The molecule has 1 N–H and O–H groups in total. The molecule has 2 atom stereocenters. The molecule has 2 aromatic heterocycles. The Balaban J connectivity index is 1.64. The summed E-state index contributed by atoms with van der Waals surface area (Å²) in [5.74, 6) is 1.66. The largest absolute Gasteiger partial charge is 0.357 e. The molecule has 1 aliphatic heterocycles. The van der Waals surface area contributed by atoms with Crippen molar-refractivity contribution in [2.45, 2.75) is 58.9 Å². The van der Waals surface area contributed by atoms with Gasteiger partial charge in [-0.05, 0) is 19.3 Å². The van der Waals surface area contributed by atoms with E-state index >= 15 is 0 Å². The minimum atomic E-state index is 0.111. The normalized spacial score (nSPS) is 21.2. The highest BCUT2D eigenvalue weighted by atomic mass is 32.1. The maximum atomic E-state index is 4.92. The van der Waals surface area contributed by atoms with Crippen LogP contribution in [-0.4, -0.2) is 51.6 Å². The maximum Gasteiger partial charge on any atom is 0.193 e. The van der Waals surface area contributed by atoms with E-state index in [2.05, 4.69) is 66.0 Å². The molecule has 0 radical (unpaired) electrons. The average molecular weight is 403 g/mol. The number of guanidine groups is 1. The predicted octanol–water partition coefficient (Wildman–Crippen LogP) is 3.73. The lowest BCUT2D eigenvalue weighted by Gasteiger charge is -2.39. The second-order valence-corrected chi connectivity index (χ2v) is 9.59. The Morgan fingerprint density at radius 1 is 1.39 bits per heavy atom. The molecule has 0 spiro atoms. The SMILES string of the molecule is CCNC(=NCCc1nc(C(C)(C)C)cs1)N1CCC(C)C(n2ccnc2)C1. The van der Waals surface area contributed by atoms with E-state index < -0.39 is 0 Å². The molecular weight excluding hydrogens is 368 g/mol. The Morgan fingerprint density at radius 2 is 2.21 bits per heavy atom. The highest BCUT2D eigenvalue weighted by molar-refractivity contribution is 7.09. The highest BCUT2D eigenvalue weighted by Gasteiger charge is 2.28. The molecule has 1 fully saturated rings. The number of hydrogen-bond acceptors (Lipinski definition) is 4. The number of rotatable bonds is 5. The number of hydrogen-bond donors (Lipinski definition) is 1. The van der Waals surface area contributed by atoms with E-state index in [1.165, 1.54) is 10.7 Å². The summed E-state index contributed by atoms with van der Waals surface area (Å²) in [6.07, 6.45) is 7.93. The number of aliphatic imine (C=N–C) groups is 1. The van der Waals surface area contributed by atoms with Crippen LogP contribution in [0.15, 0.2) is 29.1 Å². The lowest BCUT2D eigenvalue weighted by Crippen LogP contribution is -2.49. The summed E-state index contributed by atoms with van der Waals surface area (Å²) < 4.78 is 2.24. The first-order valence-electron chi connectivity index (χ1n) is 10.3. The van der Waals surface area contributed by atoms with E-state index in [1.54, 1.807) is 11.3 Å². The van der Waals surface area contributed by atoms with Crippen molar-refractivity contribution < 1.29 is 0 Å². The minimum Gasteiger partial charge on any atom is -0.357 e. The first-order valence-corrected chi connectivity index (χ1v) is 11.2. The van der Waals surface area contributed by atoms with Crippen LogP contribution in [0, 0.1) is 5.92 Å². The maximum absolute atomic E-state index is 4.92. The summed E-state index contributed by atoms with van der Waals surface area (Å²) in [5.41, 5.74) is 1.29. The van der Waals surface area contributed by atoms with E-state index in [-0.39, 0.29) is 5.41 Å². The molecule has 0 bridgehead atoms. The van der Waals surface area contributed by atoms with Gasteiger partial charge in [0.05, 0.1) is 23.1 Å². The topological polar surface area (TPSA) is 58.3 Å². The minimum absolute atomic E-state index is 0.111. The Kier molecular flexibility index (Phi) is 6.75. The first-order chi connectivity index (χ1) is 13.4. The molecular formula is C21H34N6S. The van der Waals surface area contributed by atoms with E-state index in [0.717, 1.165) is 45.0 Å². The van der Waals surface area contributed by atoms with Gasteiger partial charge in [-0.15, -0.1) is 11.3 Å². The molecule has 3 heterocycles. The first kappa shape index (κ1) is 20.8. The third-order valence-electron chi connectivity index (χ3n) is 5.37. The van der Waals surface area contributed by atoms with Crippen LogP contribution in [0.1, 0.15) is 57.8 Å². The van der Waals surface area contributed by atoms with Crippen molar-refractivity contribution in [2.24, 2.45) is 10.9 Å². The fraction of sp³-hybridized carbons (Fsp3) is 0.667. The molecule has 154 valence electrons. The fourth-order valence-corrected chi connectivity index (χ4v) is 4.56. The van der Waals surface area contributed by atoms with E-state index in [0.29, 0.717) is 12.0 Å². The number of nitrogens with zero attached hydrogens (tertiary/aromatic N) is 5. The van der Waals surface area contributed by atoms with Crippen molar-refractivity contribution in [1.82, 2.24) is 24.8 Å². The third kappa shape index (κ3) is 5.13. The Morgan fingerprint density at radius 3 is 2.86 bits per heavy atom. The number of likely N-dealkylation sites (tertiary alicyclic amines) is 1. The van der Waals surface area contributed by atoms with Crippen molar-refractivity contribution in [2.75, 3.05) is 26.2 Å². The monoisotopic (exact) mass is 402 g/mol. The Labute approximate surface area is 173 Å². The van der Waals surface area contributed by atoms with Gasteiger partial charge in [-0.1, -0.05) is 27.7 Å². The van der Waals surface area contributed by atoms with Gasteiger partial charge in [0.2, 0.25) is 0 Å². The van der Waals surface area contributed by atoms with Crippen molar-refractivity contribution in [3.05, 3.63) is 34.8 Å². The second-order valence-electron chi connectivity index (χ2n) is 8.65. The molecule has 0 aromatic carbocycles. The summed E-state index contributed by atoms with van der Waals surface area (Å²) in [7, 11) is 0. The summed E-state index contributed by atoms with van der Waals surface area (Å²) in [6, 6.07) is 0.438. The lowest BCUT2D eigenvalue weighted by molar-refractivity contribution is 0.189. The van der Waals surface area contributed by atoms with Gasteiger partial charge in [-0.25, -0.2) is 9.97 Å². The highest BCUT2D eigenvalue weighted by Crippen LogP contribution is 2.27. The van der Waals surface area contributed by atoms with Gasteiger partial charge in [0, 0.05) is 55.8 Å². The molecule has 7 heteroatoms. The molecule has 0 saturated carbocycles. The van der Waals surface area contributed by atoms with Crippen LogP contribution in [0.25, 0.3) is 0 Å². The van der Waals surface area contributed by atoms with Gasteiger partial charge in [-0.3, -0.25) is 4.99 Å². The fourth-order valence-electron chi connectivity index (χ4n) is 3.55. The smallest absolute Gasteiger partial charge is 0.193 e. The van der Waals surface area contributed by atoms with Crippen LogP contribution in [0.4, 0.5) is 0 Å². The summed E-state index contributed by atoms with van der Waals surface area (Å²) in [6.45, 7) is 14.8. The molecule has 6 nitrogen and oxygen atoms in total. The zero-order valence-electron chi connectivity index (χ0n) is 17.9. The van der Waals surface area contributed by atoms with E-state index in [9.17, 15) is 0 Å². The number of aromatic nitrogens is 3. The summed E-state index contributed by atoms with van der Waals surface area (Å²) in [4.78, 5) is 16.3. The molecule has 1 saturated heterocycles. The zero-order chi connectivity index (χ0) is 20.1. The Bertz CT molecular complexity index is 758. The van der Waals surface area contributed by atoms with E-state index in [4.69, 9.17) is 9.98 Å². The van der Waals surface area contributed by atoms with Crippen molar-refractivity contribution in [1.29, 1.82) is 0 Å². The number of piperidine rings is 1. The van der Waals surface area contributed by atoms with Crippen molar-refractivity contribution in [3.8, 4) is 0 Å². The standard InChI is InChI=1S/C21H34N6S/c1-6-23-20(24-9-7-19-25-18(14-28-19)21(3,4)5)26-11-8-16(2)17(13-26)27-12-10-22-15-27/h10,12,14-17H,6-9,11,13H2,1-5H3,(H,23,24). The second kappa shape index (κ2) is 9.07. The van der Waals surface area contributed by atoms with Crippen LogP contribution in [0.2, 0.25) is 0 Å². The van der Waals surface area contributed by atoms with Gasteiger partial charge in [0.25, 0.3) is 0 Å². The molecule has 2 aromatic rings. The van der Waals surface area contributed by atoms with Crippen LogP contribution in [0.5, 0.6) is 0 Å². The van der Waals surface area contributed by atoms with Crippen molar-refractivity contribution in [3.63, 3.8) is 0 Å². The summed E-state index contributed by atoms with van der Waals surface area (Å²) in [5, 5.41) is 6.84. The average Bonchev–Trinajstić information content (AvgIpc) is 3.33. The van der Waals surface area contributed by atoms with Gasteiger partial charge >= 0.3 is 0 Å². The molecule has 28 heavy (non-hydrogen) atoms. The molecule has 0 amide bonds. The van der Waals surface area contributed by atoms with Crippen LogP contribution < -0.4 is 5.32 Å². The van der Waals surface area contributed by atoms with Gasteiger partial charge in [0.15, 0.2) is 5.96 Å². The van der Waals surface area contributed by atoms with E-state index in [1.807, 2.05) is 12.5 Å². The number of imidazole rings is 1. The van der Waals surface area contributed by atoms with Gasteiger partial charge < -0.3 is 14.8 Å². The molecule has 3 rings (SSSR count). The summed E-state index contributed by atoms with van der Waals surface area (Å²) >= 11 is 1.75. The quantitative estimate of drug-likeness (QED) is 0.612. The van der Waals surface area contributed by atoms with Crippen LogP contribution >= 0.6 is 11.3 Å². The number of nitrogens with one attached hydrogen (secondary N) is 1. The van der Waals surface area contributed by atoms with Crippen LogP contribution in [0.3, 0.4) is 0 Å². The number of thiazole rings is 1.